The molecule has 1 rings (SSSR count). The fourth-order valence-electron chi connectivity index (χ4n) is 1.52. The molecule has 1 aliphatic rings. The van der Waals surface area contributed by atoms with Crippen LogP contribution in [0.2, 0.25) is 0 Å². The van der Waals surface area contributed by atoms with Crippen LogP contribution in [0.25, 0.3) is 0 Å². The summed E-state index contributed by atoms with van der Waals surface area (Å²) in [6, 6.07) is 0.866. The van der Waals surface area contributed by atoms with Crippen LogP contribution >= 0.6 is 0 Å². The first-order chi connectivity index (χ1) is 6.36. The van der Waals surface area contributed by atoms with Crippen molar-refractivity contribution in [1.82, 2.24) is 10.2 Å². The van der Waals surface area contributed by atoms with E-state index in [9.17, 15) is 0 Å². The third kappa shape index (κ3) is 5.27. The molecule has 0 bridgehead atoms. The molecule has 78 valence electrons. The quantitative estimate of drug-likeness (QED) is 0.619. The van der Waals surface area contributed by atoms with Gasteiger partial charge in [0.05, 0.1) is 0 Å². The lowest BCUT2D eigenvalue weighted by molar-refractivity contribution is 0.282. The summed E-state index contributed by atoms with van der Waals surface area (Å²) in [5.41, 5.74) is 0. The third-order valence-electron chi connectivity index (χ3n) is 2.71. The summed E-state index contributed by atoms with van der Waals surface area (Å²) in [4.78, 5) is 2.54. The summed E-state index contributed by atoms with van der Waals surface area (Å²) in [6.45, 7) is 9.41. The standard InChI is InChI=1S/C11H24N2/c1-3-5-9-13(4-2)10-8-12-11-6-7-11/h11-12H,3-10H2,1-2H3. The van der Waals surface area contributed by atoms with Crippen molar-refractivity contribution in [2.24, 2.45) is 0 Å². The predicted molar refractivity (Wildman–Crippen MR) is 58.0 cm³/mol. The van der Waals surface area contributed by atoms with Gasteiger partial charge in [-0.25, -0.2) is 0 Å². The van der Waals surface area contributed by atoms with Crippen molar-refractivity contribution < 1.29 is 0 Å². The smallest absolute Gasteiger partial charge is 0.0107 e. The molecule has 2 heteroatoms. The Morgan fingerprint density at radius 2 is 2.00 bits per heavy atom. The molecule has 2 nitrogen and oxygen atoms in total. The van der Waals surface area contributed by atoms with E-state index in [0.29, 0.717) is 0 Å². The average molecular weight is 184 g/mol. The molecule has 0 aromatic carbocycles. The number of rotatable bonds is 8. The monoisotopic (exact) mass is 184 g/mol. The Kier molecular flexibility index (Phi) is 5.40. The normalized spacial score (nSPS) is 16.8. The van der Waals surface area contributed by atoms with E-state index in [4.69, 9.17) is 0 Å². The van der Waals surface area contributed by atoms with Crippen LogP contribution in [0.1, 0.15) is 39.5 Å². The van der Waals surface area contributed by atoms with Crippen molar-refractivity contribution >= 4 is 0 Å². The Morgan fingerprint density at radius 1 is 1.23 bits per heavy atom. The SMILES string of the molecule is CCCCN(CC)CCNC1CC1. The number of nitrogens with zero attached hydrogens (tertiary/aromatic N) is 1. The molecule has 1 N–H and O–H groups in total. The third-order valence-corrected chi connectivity index (χ3v) is 2.71. The van der Waals surface area contributed by atoms with Gasteiger partial charge in [-0.2, -0.15) is 0 Å². The molecule has 1 aliphatic carbocycles. The first-order valence-electron chi connectivity index (χ1n) is 5.82. The Bertz CT molecular complexity index is 121. The minimum Gasteiger partial charge on any atom is -0.313 e. The van der Waals surface area contributed by atoms with Crippen LogP contribution in [0, 0.1) is 0 Å². The predicted octanol–water partition coefficient (Wildman–Crippen LogP) is 1.86. The van der Waals surface area contributed by atoms with Crippen LogP contribution in [0.5, 0.6) is 0 Å². The lowest BCUT2D eigenvalue weighted by Gasteiger charge is -2.19. The Hall–Kier alpha value is -0.0800. The topological polar surface area (TPSA) is 15.3 Å². The zero-order valence-corrected chi connectivity index (χ0v) is 9.18. The minimum atomic E-state index is 0.866. The molecular formula is C11H24N2. The van der Waals surface area contributed by atoms with E-state index in [0.717, 1.165) is 6.04 Å². The summed E-state index contributed by atoms with van der Waals surface area (Å²) in [5.74, 6) is 0. The Morgan fingerprint density at radius 3 is 2.54 bits per heavy atom. The highest BCUT2D eigenvalue weighted by Crippen LogP contribution is 2.17. The highest BCUT2D eigenvalue weighted by atomic mass is 15.1. The molecule has 0 heterocycles. The van der Waals surface area contributed by atoms with Crippen molar-refractivity contribution in [1.29, 1.82) is 0 Å². The van der Waals surface area contributed by atoms with Crippen LogP contribution in [0.3, 0.4) is 0 Å². The van der Waals surface area contributed by atoms with Crippen molar-refractivity contribution in [3.63, 3.8) is 0 Å². The zero-order chi connectivity index (χ0) is 9.52. The minimum absolute atomic E-state index is 0.866. The average Bonchev–Trinajstić information content (AvgIpc) is 2.94. The van der Waals surface area contributed by atoms with Gasteiger partial charge >= 0.3 is 0 Å². The van der Waals surface area contributed by atoms with Crippen LogP contribution in [-0.2, 0) is 0 Å². The largest absolute Gasteiger partial charge is 0.313 e. The van der Waals surface area contributed by atoms with E-state index >= 15 is 0 Å². The van der Waals surface area contributed by atoms with E-state index in [1.54, 1.807) is 0 Å². The zero-order valence-electron chi connectivity index (χ0n) is 9.18. The highest BCUT2D eigenvalue weighted by molar-refractivity contribution is 4.80. The molecule has 1 saturated carbocycles. The lowest BCUT2D eigenvalue weighted by Crippen LogP contribution is -2.33. The van der Waals surface area contributed by atoms with E-state index in [1.165, 1.54) is 51.9 Å². The first kappa shape index (κ1) is 11.0. The van der Waals surface area contributed by atoms with Gasteiger partial charge in [-0.15, -0.1) is 0 Å². The number of likely N-dealkylation sites (N-methyl/N-ethyl adjacent to an activating group) is 1. The van der Waals surface area contributed by atoms with Crippen LogP contribution in [0.4, 0.5) is 0 Å². The fourth-order valence-corrected chi connectivity index (χ4v) is 1.52. The van der Waals surface area contributed by atoms with E-state index in [1.807, 2.05) is 0 Å². The molecule has 0 unspecified atom stereocenters. The van der Waals surface area contributed by atoms with E-state index in [-0.39, 0.29) is 0 Å². The molecule has 0 spiro atoms. The summed E-state index contributed by atoms with van der Waals surface area (Å²) in [6.07, 6.45) is 5.46. The van der Waals surface area contributed by atoms with Gasteiger partial charge in [0.2, 0.25) is 0 Å². The fraction of sp³-hybridized carbons (Fsp3) is 1.00. The van der Waals surface area contributed by atoms with Gasteiger partial charge in [0.25, 0.3) is 0 Å². The van der Waals surface area contributed by atoms with Crippen molar-refractivity contribution in [3.8, 4) is 0 Å². The van der Waals surface area contributed by atoms with Gasteiger partial charge in [-0.3, -0.25) is 0 Å². The van der Waals surface area contributed by atoms with Crippen molar-refractivity contribution in [2.75, 3.05) is 26.2 Å². The number of nitrogens with one attached hydrogen (secondary N) is 1. The lowest BCUT2D eigenvalue weighted by atomic mass is 10.3. The van der Waals surface area contributed by atoms with Gasteiger partial charge in [-0.1, -0.05) is 20.3 Å². The molecule has 13 heavy (non-hydrogen) atoms. The maximum absolute atomic E-state index is 3.56. The molecule has 0 aliphatic heterocycles. The van der Waals surface area contributed by atoms with Crippen LogP contribution < -0.4 is 5.32 Å². The van der Waals surface area contributed by atoms with E-state index in [2.05, 4.69) is 24.1 Å². The maximum atomic E-state index is 3.56. The molecule has 0 atom stereocenters. The molecule has 0 amide bonds. The van der Waals surface area contributed by atoms with Crippen molar-refractivity contribution in [2.45, 2.75) is 45.6 Å². The molecule has 0 radical (unpaired) electrons. The number of hydrogen-bond acceptors (Lipinski definition) is 2. The second-order valence-electron chi connectivity index (χ2n) is 4.02. The second kappa shape index (κ2) is 6.39. The summed E-state index contributed by atoms with van der Waals surface area (Å²) in [5, 5.41) is 3.56. The summed E-state index contributed by atoms with van der Waals surface area (Å²) < 4.78 is 0. The Balaban J connectivity index is 1.93. The molecule has 1 fully saturated rings. The molecule has 0 saturated heterocycles. The van der Waals surface area contributed by atoms with Gasteiger partial charge in [0.1, 0.15) is 0 Å². The molecular weight excluding hydrogens is 160 g/mol. The highest BCUT2D eigenvalue weighted by Gasteiger charge is 2.19. The first-order valence-corrected chi connectivity index (χ1v) is 5.82. The van der Waals surface area contributed by atoms with E-state index < -0.39 is 0 Å². The number of unbranched alkanes of at least 4 members (excludes halogenated alkanes) is 1. The summed E-state index contributed by atoms with van der Waals surface area (Å²) in [7, 11) is 0. The van der Waals surface area contributed by atoms with Crippen LogP contribution in [-0.4, -0.2) is 37.1 Å². The van der Waals surface area contributed by atoms with Gasteiger partial charge in [0.15, 0.2) is 0 Å². The second-order valence-corrected chi connectivity index (χ2v) is 4.02. The van der Waals surface area contributed by atoms with Gasteiger partial charge in [0, 0.05) is 19.1 Å². The maximum Gasteiger partial charge on any atom is 0.0107 e. The Labute approximate surface area is 82.7 Å². The van der Waals surface area contributed by atoms with Crippen LogP contribution in [0.15, 0.2) is 0 Å². The summed E-state index contributed by atoms with van der Waals surface area (Å²) >= 11 is 0. The van der Waals surface area contributed by atoms with Gasteiger partial charge in [-0.05, 0) is 32.4 Å². The number of hydrogen-bond donors (Lipinski definition) is 1. The molecule has 0 aromatic heterocycles. The van der Waals surface area contributed by atoms with Crippen molar-refractivity contribution in [3.05, 3.63) is 0 Å². The van der Waals surface area contributed by atoms with Gasteiger partial charge < -0.3 is 10.2 Å². The molecule has 0 aromatic rings.